The Kier molecular flexibility index (Phi) is 4.29. The molecule has 0 bridgehead atoms. The summed E-state index contributed by atoms with van der Waals surface area (Å²) in [5.74, 6) is 0.739. The van der Waals surface area contributed by atoms with Crippen LogP contribution in [0.25, 0.3) is 11.1 Å². The third-order valence-electron chi connectivity index (χ3n) is 4.01. The van der Waals surface area contributed by atoms with Crippen molar-refractivity contribution in [1.29, 1.82) is 0 Å². The van der Waals surface area contributed by atoms with Gasteiger partial charge in [-0.3, -0.25) is 10.1 Å². The third kappa shape index (κ3) is 3.50. The monoisotopic (exact) mass is 363 g/mol. The molecule has 3 heterocycles. The number of nitrogens with zero attached hydrogens (tertiary/aromatic N) is 3. The van der Waals surface area contributed by atoms with Gasteiger partial charge in [0.25, 0.3) is 5.91 Å². The zero-order chi connectivity index (χ0) is 18.8. The standard InChI is InChI=1S/C19H17N5O3/c1-11-16(17(25)20-10-13-6-5-9-26-13)12(2)22-18(21-11)24-19-23-14-7-3-4-8-15(14)27-19/h3-9H,10H2,1-2H3,(H,20,25)(H,21,22,23,24). The second kappa shape index (κ2) is 6.91. The fraction of sp³-hybridized carbons (Fsp3) is 0.158. The number of hydrogen-bond donors (Lipinski definition) is 2. The minimum absolute atomic E-state index is 0.255. The van der Waals surface area contributed by atoms with E-state index in [1.807, 2.05) is 24.3 Å². The van der Waals surface area contributed by atoms with Gasteiger partial charge >= 0.3 is 6.01 Å². The minimum atomic E-state index is -0.255. The van der Waals surface area contributed by atoms with E-state index in [1.54, 1.807) is 32.2 Å². The lowest BCUT2D eigenvalue weighted by Gasteiger charge is -2.10. The molecule has 0 spiro atoms. The third-order valence-corrected chi connectivity index (χ3v) is 4.01. The average molecular weight is 363 g/mol. The van der Waals surface area contributed by atoms with Crippen molar-refractivity contribution in [3.05, 3.63) is 65.4 Å². The lowest BCUT2D eigenvalue weighted by Crippen LogP contribution is -2.25. The summed E-state index contributed by atoms with van der Waals surface area (Å²) in [5.41, 5.74) is 2.95. The SMILES string of the molecule is Cc1nc(Nc2nc3ccccc3o2)nc(C)c1C(=O)NCc1ccco1. The number of fused-ring (bicyclic) bond motifs is 1. The molecule has 8 heteroatoms. The molecular weight excluding hydrogens is 346 g/mol. The van der Waals surface area contributed by atoms with E-state index < -0.39 is 0 Å². The number of benzene rings is 1. The molecule has 8 nitrogen and oxygen atoms in total. The van der Waals surface area contributed by atoms with Gasteiger partial charge in [-0.15, -0.1) is 0 Å². The number of carbonyl (C=O) groups is 1. The summed E-state index contributed by atoms with van der Waals surface area (Å²) in [6.07, 6.45) is 1.56. The molecule has 0 aliphatic heterocycles. The molecule has 4 rings (SSSR count). The molecule has 0 aliphatic rings. The Morgan fingerprint density at radius 3 is 2.52 bits per heavy atom. The Balaban J connectivity index is 1.53. The van der Waals surface area contributed by atoms with E-state index in [0.717, 1.165) is 5.52 Å². The number of para-hydroxylation sites is 2. The molecule has 0 fully saturated rings. The number of oxazole rings is 1. The Morgan fingerprint density at radius 1 is 1.04 bits per heavy atom. The van der Waals surface area contributed by atoms with E-state index in [-0.39, 0.29) is 5.91 Å². The van der Waals surface area contributed by atoms with Crippen LogP contribution in [0.2, 0.25) is 0 Å². The first kappa shape index (κ1) is 16.8. The molecule has 0 saturated heterocycles. The molecule has 3 aromatic heterocycles. The van der Waals surface area contributed by atoms with Crippen molar-refractivity contribution in [2.45, 2.75) is 20.4 Å². The van der Waals surface area contributed by atoms with Gasteiger partial charge in [0, 0.05) is 0 Å². The molecule has 136 valence electrons. The second-order valence-electron chi connectivity index (χ2n) is 5.97. The predicted molar refractivity (Wildman–Crippen MR) is 98.7 cm³/mol. The maximum absolute atomic E-state index is 12.5. The Morgan fingerprint density at radius 2 is 1.81 bits per heavy atom. The largest absolute Gasteiger partial charge is 0.467 e. The molecule has 2 N–H and O–H groups in total. The number of hydrogen-bond acceptors (Lipinski definition) is 7. The van der Waals surface area contributed by atoms with Crippen LogP contribution >= 0.6 is 0 Å². The van der Waals surface area contributed by atoms with E-state index in [1.165, 1.54) is 0 Å². The van der Waals surface area contributed by atoms with Crippen molar-refractivity contribution < 1.29 is 13.6 Å². The molecule has 1 amide bonds. The van der Waals surface area contributed by atoms with E-state index in [0.29, 0.717) is 46.8 Å². The Hall–Kier alpha value is -3.68. The van der Waals surface area contributed by atoms with Crippen LogP contribution in [-0.2, 0) is 6.54 Å². The number of anilines is 2. The fourth-order valence-corrected chi connectivity index (χ4v) is 2.79. The van der Waals surface area contributed by atoms with Gasteiger partial charge < -0.3 is 14.2 Å². The van der Waals surface area contributed by atoms with Gasteiger partial charge in [-0.1, -0.05) is 12.1 Å². The van der Waals surface area contributed by atoms with E-state index >= 15 is 0 Å². The van der Waals surface area contributed by atoms with Crippen LogP contribution in [0.3, 0.4) is 0 Å². The van der Waals surface area contributed by atoms with Crippen LogP contribution in [0.4, 0.5) is 12.0 Å². The van der Waals surface area contributed by atoms with Gasteiger partial charge in [0.05, 0.1) is 29.8 Å². The molecule has 27 heavy (non-hydrogen) atoms. The highest BCUT2D eigenvalue weighted by Gasteiger charge is 2.17. The summed E-state index contributed by atoms with van der Waals surface area (Å²) in [4.78, 5) is 25.5. The van der Waals surface area contributed by atoms with Crippen molar-refractivity contribution in [2.75, 3.05) is 5.32 Å². The highest BCUT2D eigenvalue weighted by atomic mass is 16.4. The van der Waals surface area contributed by atoms with Crippen LogP contribution in [-0.4, -0.2) is 20.9 Å². The fourth-order valence-electron chi connectivity index (χ4n) is 2.79. The summed E-state index contributed by atoms with van der Waals surface area (Å²) >= 11 is 0. The normalized spacial score (nSPS) is 10.9. The number of aromatic nitrogens is 3. The Labute approximate surface area is 154 Å². The number of carbonyl (C=O) groups excluding carboxylic acids is 1. The quantitative estimate of drug-likeness (QED) is 0.559. The topological polar surface area (TPSA) is 106 Å². The first-order chi connectivity index (χ1) is 13.1. The molecule has 0 unspecified atom stereocenters. The lowest BCUT2D eigenvalue weighted by molar-refractivity contribution is 0.0946. The molecule has 0 saturated carbocycles. The number of nitrogens with one attached hydrogen (secondary N) is 2. The maximum atomic E-state index is 12.5. The van der Waals surface area contributed by atoms with E-state index in [9.17, 15) is 4.79 Å². The van der Waals surface area contributed by atoms with Gasteiger partial charge in [0.2, 0.25) is 5.95 Å². The average Bonchev–Trinajstić information content (AvgIpc) is 3.28. The van der Waals surface area contributed by atoms with Crippen molar-refractivity contribution in [3.63, 3.8) is 0 Å². The second-order valence-corrected chi connectivity index (χ2v) is 5.97. The molecule has 0 aliphatic carbocycles. The summed E-state index contributed by atoms with van der Waals surface area (Å²) in [5, 5.41) is 5.75. The van der Waals surface area contributed by atoms with Crippen molar-refractivity contribution in [3.8, 4) is 0 Å². The molecule has 4 aromatic rings. The van der Waals surface area contributed by atoms with E-state index in [2.05, 4.69) is 25.6 Å². The maximum Gasteiger partial charge on any atom is 0.302 e. The van der Waals surface area contributed by atoms with Crippen molar-refractivity contribution in [2.24, 2.45) is 0 Å². The van der Waals surface area contributed by atoms with Crippen molar-refractivity contribution in [1.82, 2.24) is 20.3 Å². The summed E-state index contributed by atoms with van der Waals surface area (Å²) < 4.78 is 10.8. The first-order valence-corrected chi connectivity index (χ1v) is 8.38. The zero-order valence-electron chi connectivity index (χ0n) is 14.8. The van der Waals surface area contributed by atoms with Gasteiger partial charge in [0.15, 0.2) is 5.58 Å². The number of rotatable bonds is 5. The van der Waals surface area contributed by atoms with Crippen LogP contribution in [0.15, 0.2) is 51.5 Å². The molecular formula is C19H17N5O3. The van der Waals surface area contributed by atoms with E-state index in [4.69, 9.17) is 8.83 Å². The number of aryl methyl sites for hydroxylation is 2. The molecule has 1 aromatic carbocycles. The van der Waals surface area contributed by atoms with Gasteiger partial charge in [0.1, 0.15) is 11.3 Å². The lowest BCUT2D eigenvalue weighted by atomic mass is 10.1. The van der Waals surface area contributed by atoms with Gasteiger partial charge in [-0.25, -0.2) is 9.97 Å². The van der Waals surface area contributed by atoms with Crippen LogP contribution in [0.1, 0.15) is 27.5 Å². The number of amides is 1. The van der Waals surface area contributed by atoms with Crippen LogP contribution < -0.4 is 10.6 Å². The smallest absolute Gasteiger partial charge is 0.302 e. The van der Waals surface area contributed by atoms with Crippen LogP contribution in [0, 0.1) is 13.8 Å². The highest BCUT2D eigenvalue weighted by molar-refractivity contribution is 5.96. The number of furan rings is 1. The minimum Gasteiger partial charge on any atom is -0.467 e. The van der Waals surface area contributed by atoms with Crippen molar-refractivity contribution >= 4 is 29.0 Å². The highest BCUT2D eigenvalue weighted by Crippen LogP contribution is 2.21. The first-order valence-electron chi connectivity index (χ1n) is 8.38. The zero-order valence-corrected chi connectivity index (χ0v) is 14.8. The van der Waals surface area contributed by atoms with Gasteiger partial charge in [-0.05, 0) is 38.1 Å². The van der Waals surface area contributed by atoms with Crippen LogP contribution in [0.5, 0.6) is 0 Å². The summed E-state index contributed by atoms with van der Waals surface area (Å²) in [6, 6.07) is 11.3. The molecule has 0 atom stereocenters. The van der Waals surface area contributed by atoms with Gasteiger partial charge in [-0.2, -0.15) is 4.98 Å². The summed E-state index contributed by atoms with van der Waals surface area (Å²) in [7, 11) is 0. The molecule has 0 radical (unpaired) electrons. The Bertz CT molecular complexity index is 1050. The predicted octanol–water partition coefficient (Wildman–Crippen LogP) is 3.50. The summed E-state index contributed by atoms with van der Waals surface area (Å²) in [6.45, 7) is 3.81.